The zero-order valence-corrected chi connectivity index (χ0v) is 19.9. The molecule has 3 aliphatic rings. The molecule has 2 atom stereocenters. The zero-order chi connectivity index (χ0) is 22.4. The Bertz CT molecular complexity index is 654. The molecule has 3 N–H and O–H groups in total. The van der Waals surface area contributed by atoms with Crippen molar-refractivity contribution in [2.45, 2.75) is 83.4 Å². The molecule has 3 fully saturated rings. The van der Waals surface area contributed by atoms with Gasteiger partial charge in [0, 0.05) is 37.0 Å². The van der Waals surface area contributed by atoms with E-state index in [4.69, 9.17) is 4.74 Å². The lowest BCUT2D eigenvalue weighted by Crippen LogP contribution is -2.55. The number of carbonyl (C=O) groups is 2. The highest BCUT2D eigenvalue weighted by atomic mass is 32.2. The number of nitrogens with zero attached hydrogens (tertiary/aromatic N) is 2. The number of hydrazone groups is 1. The maximum Gasteiger partial charge on any atom is 0.271 e. The molecule has 2 amide bonds. The van der Waals surface area contributed by atoms with E-state index >= 15 is 0 Å². The summed E-state index contributed by atoms with van der Waals surface area (Å²) < 4.78 is 5.45. The highest BCUT2D eigenvalue weighted by Crippen LogP contribution is 2.27. The second-order valence-corrected chi connectivity index (χ2v) is 10.9. The van der Waals surface area contributed by atoms with Crippen LogP contribution in [0.4, 0.5) is 0 Å². The van der Waals surface area contributed by atoms with Crippen molar-refractivity contribution in [1.82, 2.24) is 15.6 Å². The lowest BCUT2D eigenvalue weighted by molar-refractivity contribution is -0.135. The molecule has 2 heterocycles. The van der Waals surface area contributed by atoms with Crippen LogP contribution < -0.4 is 10.7 Å². The van der Waals surface area contributed by atoms with E-state index in [1.807, 2.05) is 0 Å². The SMILES string of the molecule is CC(C)(C)N1CCS/C1=N\NC(=O)C(O)C(NC(=O)C1CCCCC1)C1CCOCC1. The lowest BCUT2D eigenvalue weighted by atomic mass is 9.85. The molecule has 9 heteroatoms. The molecule has 31 heavy (non-hydrogen) atoms. The van der Waals surface area contributed by atoms with E-state index in [2.05, 4.69) is 41.5 Å². The van der Waals surface area contributed by atoms with Gasteiger partial charge in [-0.1, -0.05) is 31.0 Å². The summed E-state index contributed by atoms with van der Waals surface area (Å²) in [4.78, 5) is 27.8. The summed E-state index contributed by atoms with van der Waals surface area (Å²) in [5.41, 5.74) is 2.46. The molecule has 1 aliphatic carbocycles. The summed E-state index contributed by atoms with van der Waals surface area (Å²) in [5, 5.41) is 19.0. The highest BCUT2D eigenvalue weighted by Gasteiger charge is 2.37. The minimum Gasteiger partial charge on any atom is -0.381 e. The number of thioether (sulfide) groups is 1. The molecule has 0 aromatic carbocycles. The number of amidine groups is 1. The second kappa shape index (κ2) is 11.0. The predicted octanol–water partition coefficient (Wildman–Crippen LogP) is 2.07. The maximum absolute atomic E-state index is 12.9. The Hall–Kier alpha value is -1.32. The van der Waals surface area contributed by atoms with Crippen LogP contribution in [0.15, 0.2) is 5.10 Å². The van der Waals surface area contributed by atoms with Crippen LogP contribution in [-0.4, -0.2) is 70.2 Å². The van der Waals surface area contributed by atoms with Gasteiger partial charge < -0.3 is 20.1 Å². The summed E-state index contributed by atoms with van der Waals surface area (Å²) in [7, 11) is 0. The number of ether oxygens (including phenoxy) is 1. The van der Waals surface area contributed by atoms with Crippen molar-refractivity contribution in [2.75, 3.05) is 25.5 Å². The van der Waals surface area contributed by atoms with E-state index in [-0.39, 0.29) is 23.3 Å². The quantitative estimate of drug-likeness (QED) is 0.531. The molecule has 1 saturated carbocycles. The van der Waals surface area contributed by atoms with Crippen LogP contribution in [0.3, 0.4) is 0 Å². The first-order chi connectivity index (χ1) is 14.8. The standard InChI is InChI=1S/C22H38N4O4S/c1-22(2,3)26-11-14-31-21(26)25-24-20(29)18(27)17(15-9-12-30-13-10-15)23-19(28)16-7-5-4-6-8-16/h15-18,27H,4-14H2,1-3H3,(H,23,28)(H,24,29)/b25-21-. The Morgan fingerprint density at radius 2 is 1.84 bits per heavy atom. The molecule has 0 aromatic rings. The molecule has 0 aromatic heterocycles. The lowest BCUT2D eigenvalue weighted by Gasteiger charge is -2.35. The van der Waals surface area contributed by atoms with Gasteiger partial charge in [0.15, 0.2) is 11.3 Å². The molecule has 0 bridgehead atoms. The smallest absolute Gasteiger partial charge is 0.271 e. The molecule has 3 rings (SSSR count). The highest BCUT2D eigenvalue weighted by molar-refractivity contribution is 8.14. The van der Waals surface area contributed by atoms with Crippen molar-refractivity contribution in [3.8, 4) is 0 Å². The van der Waals surface area contributed by atoms with Crippen LogP contribution in [-0.2, 0) is 14.3 Å². The number of amides is 2. The number of aliphatic hydroxyl groups is 1. The zero-order valence-electron chi connectivity index (χ0n) is 19.1. The third kappa shape index (κ3) is 6.58. The second-order valence-electron chi connectivity index (χ2n) is 9.81. The Morgan fingerprint density at radius 1 is 1.16 bits per heavy atom. The molecule has 0 spiro atoms. The van der Waals surface area contributed by atoms with Gasteiger partial charge in [-0.3, -0.25) is 9.59 Å². The largest absolute Gasteiger partial charge is 0.381 e. The Balaban J connectivity index is 1.66. The van der Waals surface area contributed by atoms with E-state index in [9.17, 15) is 14.7 Å². The monoisotopic (exact) mass is 454 g/mol. The van der Waals surface area contributed by atoms with Crippen molar-refractivity contribution in [3.63, 3.8) is 0 Å². The van der Waals surface area contributed by atoms with E-state index in [0.717, 1.165) is 43.1 Å². The van der Waals surface area contributed by atoms with Crippen LogP contribution in [0.2, 0.25) is 0 Å². The normalized spacial score (nSPS) is 24.8. The minimum absolute atomic E-state index is 0.00150. The van der Waals surface area contributed by atoms with E-state index in [1.54, 1.807) is 11.8 Å². The summed E-state index contributed by atoms with van der Waals surface area (Å²) in [5.74, 6) is 0.272. The number of rotatable bonds is 6. The predicted molar refractivity (Wildman–Crippen MR) is 123 cm³/mol. The minimum atomic E-state index is -1.35. The Kier molecular flexibility index (Phi) is 8.64. The maximum atomic E-state index is 12.9. The van der Waals surface area contributed by atoms with E-state index in [1.165, 1.54) is 6.42 Å². The average Bonchev–Trinajstić information content (AvgIpc) is 3.26. The molecule has 2 unspecified atom stereocenters. The molecule has 0 radical (unpaired) electrons. The van der Waals surface area contributed by atoms with Gasteiger partial charge in [-0.2, -0.15) is 0 Å². The number of hydrogen-bond donors (Lipinski definition) is 3. The third-order valence-corrected chi connectivity index (χ3v) is 7.47. The van der Waals surface area contributed by atoms with Crippen LogP contribution >= 0.6 is 11.8 Å². The van der Waals surface area contributed by atoms with Gasteiger partial charge in [0.2, 0.25) is 5.91 Å². The molecule has 2 aliphatic heterocycles. The fraction of sp³-hybridized carbons (Fsp3) is 0.864. The van der Waals surface area contributed by atoms with Crippen molar-refractivity contribution in [1.29, 1.82) is 0 Å². The van der Waals surface area contributed by atoms with Crippen molar-refractivity contribution >= 4 is 28.7 Å². The number of carbonyl (C=O) groups excluding carboxylic acids is 2. The van der Waals surface area contributed by atoms with Crippen LogP contribution in [0, 0.1) is 11.8 Å². The van der Waals surface area contributed by atoms with E-state index < -0.39 is 18.1 Å². The molecular formula is C22H38N4O4S. The van der Waals surface area contributed by atoms with Crippen molar-refractivity contribution in [3.05, 3.63) is 0 Å². The van der Waals surface area contributed by atoms with Crippen molar-refractivity contribution in [2.24, 2.45) is 16.9 Å². The van der Waals surface area contributed by atoms with Gasteiger partial charge in [0.25, 0.3) is 5.91 Å². The average molecular weight is 455 g/mol. The first-order valence-electron chi connectivity index (χ1n) is 11.6. The summed E-state index contributed by atoms with van der Waals surface area (Å²) in [6.07, 6.45) is 5.11. The molecule has 176 valence electrons. The van der Waals surface area contributed by atoms with Crippen molar-refractivity contribution < 1.29 is 19.4 Å². The third-order valence-electron chi connectivity index (χ3n) is 6.52. The van der Waals surface area contributed by atoms with Gasteiger partial charge in [-0.05, 0) is 52.4 Å². The van der Waals surface area contributed by atoms with Gasteiger partial charge in [-0.15, -0.1) is 5.10 Å². The molecule has 2 saturated heterocycles. The summed E-state index contributed by atoms with van der Waals surface area (Å²) in [6.45, 7) is 8.34. The van der Waals surface area contributed by atoms with Gasteiger partial charge in [-0.25, -0.2) is 5.43 Å². The Morgan fingerprint density at radius 3 is 2.48 bits per heavy atom. The van der Waals surface area contributed by atoms with Gasteiger partial charge in [0.1, 0.15) is 0 Å². The first kappa shape index (κ1) is 24.3. The fourth-order valence-corrected chi connectivity index (χ4v) is 5.71. The van der Waals surface area contributed by atoms with Gasteiger partial charge in [0.05, 0.1) is 6.04 Å². The van der Waals surface area contributed by atoms with Crippen LogP contribution in [0.5, 0.6) is 0 Å². The Labute approximate surface area is 189 Å². The summed E-state index contributed by atoms with van der Waals surface area (Å²) in [6, 6.07) is -0.631. The molecule has 8 nitrogen and oxygen atoms in total. The number of hydrogen-bond acceptors (Lipinski definition) is 6. The topological polar surface area (TPSA) is 103 Å². The number of nitrogens with one attached hydrogen (secondary N) is 2. The first-order valence-corrected chi connectivity index (χ1v) is 12.6. The van der Waals surface area contributed by atoms with Gasteiger partial charge >= 0.3 is 0 Å². The molecular weight excluding hydrogens is 416 g/mol. The fourth-order valence-electron chi connectivity index (χ4n) is 4.63. The van der Waals surface area contributed by atoms with Crippen LogP contribution in [0.1, 0.15) is 65.7 Å². The van der Waals surface area contributed by atoms with Crippen LogP contribution in [0.25, 0.3) is 0 Å². The van der Waals surface area contributed by atoms with E-state index in [0.29, 0.717) is 26.1 Å². The summed E-state index contributed by atoms with van der Waals surface area (Å²) >= 11 is 1.59. The number of aliphatic hydroxyl groups excluding tert-OH is 1.